The number of amides is 2. The van der Waals surface area contributed by atoms with Gasteiger partial charge in [-0.2, -0.15) is 0 Å². The van der Waals surface area contributed by atoms with Gasteiger partial charge in [0, 0.05) is 5.56 Å². The minimum absolute atomic E-state index is 0.327. The molecule has 0 spiro atoms. The summed E-state index contributed by atoms with van der Waals surface area (Å²) in [6.07, 6.45) is 0. The van der Waals surface area contributed by atoms with Gasteiger partial charge in [0.25, 0.3) is 11.8 Å². The van der Waals surface area contributed by atoms with Crippen LogP contribution in [0.1, 0.15) is 27.0 Å². The maximum Gasteiger partial charge on any atom is 0.325 e. The molecule has 148 valence electrons. The van der Waals surface area contributed by atoms with Crippen LogP contribution in [0.5, 0.6) is 5.75 Å². The smallest absolute Gasteiger partial charge is 0.325 e. The molecule has 7 nitrogen and oxygen atoms in total. The zero-order valence-electron chi connectivity index (χ0n) is 16.4. The van der Waals surface area contributed by atoms with Crippen molar-refractivity contribution in [2.75, 3.05) is 25.6 Å². The molecule has 0 aliphatic heterocycles. The molecular formula is C21H24N2O5. The Bertz CT molecular complexity index is 892. The predicted molar refractivity (Wildman–Crippen MR) is 106 cm³/mol. The molecule has 2 rings (SSSR count). The molecule has 0 saturated heterocycles. The van der Waals surface area contributed by atoms with Crippen molar-refractivity contribution in [3.63, 3.8) is 0 Å². The van der Waals surface area contributed by atoms with Gasteiger partial charge >= 0.3 is 5.97 Å². The van der Waals surface area contributed by atoms with Crippen LogP contribution >= 0.6 is 0 Å². The molecule has 2 amide bonds. The first-order chi connectivity index (χ1) is 13.3. The number of aryl methyl sites for hydroxylation is 3. The Morgan fingerprint density at radius 2 is 1.71 bits per heavy atom. The van der Waals surface area contributed by atoms with E-state index < -0.39 is 18.5 Å². The fourth-order valence-electron chi connectivity index (χ4n) is 2.44. The monoisotopic (exact) mass is 384 g/mol. The Hall–Kier alpha value is -3.35. The molecule has 7 heteroatoms. The van der Waals surface area contributed by atoms with E-state index in [2.05, 4.69) is 10.6 Å². The van der Waals surface area contributed by atoms with Gasteiger partial charge in [-0.1, -0.05) is 12.1 Å². The minimum Gasteiger partial charge on any atom is -0.495 e. The highest BCUT2D eigenvalue weighted by molar-refractivity contribution is 5.97. The summed E-state index contributed by atoms with van der Waals surface area (Å²) in [5.41, 5.74) is 3.96. The third-order valence-electron chi connectivity index (χ3n) is 4.16. The summed E-state index contributed by atoms with van der Waals surface area (Å²) < 4.78 is 10.1. The number of nitrogens with one attached hydrogen (secondary N) is 2. The number of methoxy groups -OCH3 is 1. The molecule has 0 fully saturated rings. The van der Waals surface area contributed by atoms with Gasteiger partial charge in [-0.15, -0.1) is 0 Å². The minimum atomic E-state index is -0.705. The number of carbonyl (C=O) groups excluding carboxylic acids is 3. The lowest BCUT2D eigenvalue weighted by Gasteiger charge is -2.11. The van der Waals surface area contributed by atoms with Gasteiger partial charge in [-0.25, -0.2) is 0 Å². The van der Waals surface area contributed by atoms with Gasteiger partial charge in [0.05, 0.1) is 12.8 Å². The molecule has 0 aliphatic carbocycles. The molecule has 0 aromatic heterocycles. The molecule has 0 aliphatic rings. The number of carbonyl (C=O) groups is 3. The fraction of sp³-hybridized carbons (Fsp3) is 0.286. The quantitative estimate of drug-likeness (QED) is 0.716. The average molecular weight is 384 g/mol. The SMILES string of the molecule is COc1ccc(C)cc1NC(=O)COC(=O)CNC(=O)c1ccc(C)c(C)c1. The van der Waals surface area contributed by atoms with Crippen molar-refractivity contribution in [1.29, 1.82) is 0 Å². The first-order valence-corrected chi connectivity index (χ1v) is 8.75. The Kier molecular flexibility index (Phi) is 7.14. The van der Waals surface area contributed by atoms with Crippen LogP contribution in [0.3, 0.4) is 0 Å². The standard InChI is InChI=1S/C21H24N2O5/c1-13-5-8-18(27-4)17(9-13)23-19(24)12-28-20(25)11-22-21(26)16-7-6-14(2)15(3)10-16/h5-10H,11-12H2,1-4H3,(H,22,26)(H,23,24). The zero-order chi connectivity index (χ0) is 20.7. The molecular weight excluding hydrogens is 360 g/mol. The highest BCUT2D eigenvalue weighted by Crippen LogP contribution is 2.24. The third-order valence-corrected chi connectivity index (χ3v) is 4.16. The van der Waals surface area contributed by atoms with E-state index in [0.717, 1.165) is 16.7 Å². The summed E-state index contributed by atoms with van der Waals surface area (Å²) in [7, 11) is 1.50. The van der Waals surface area contributed by atoms with Crippen molar-refractivity contribution in [2.45, 2.75) is 20.8 Å². The van der Waals surface area contributed by atoms with Crippen LogP contribution in [0.15, 0.2) is 36.4 Å². The second kappa shape index (κ2) is 9.55. The van der Waals surface area contributed by atoms with E-state index in [0.29, 0.717) is 17.0 Å². The molecule has 0 heterocycles. The first-order valence-electron chi connectivity index (χ1n) is 8.75. The van der Waals surface area contributed by atoms with Crippen LogP contribution in [0.4, 0.5) is 5.69 Å². The van der Waals surface area contributed by atoms with E-state index in [1.165, 1.54) is 7.11 Å². The highest BCUT2D eigenvalue weighted by Gasteiger charge is 2.13. The zero-order valence-corrected chi connectivity index (χ0v) is 16.4. The van der Waals surface area contributed by atoms with Crippen LogP contribution in [-0.2, 0) is 14.3 Å². The van der Waals surface area contributed by atoms with Crippen LogP contribution in [0.25, 0.3) is 0 Å². The normalized spacial score (nSPS) is 10.1. The molecule has 0 radical (unpaired) electrons. The maximum atomic E-state index is 12.1. The summed E-state index contributed by atoms with van der Waals surface area (Å²) >= 11 is 0. The Morgan fingerprint density at radius 3 is 2.39 bits per heavy atom. The molecule has 0 unspecified atom stereocenters. The number of hydrogen-bond acceptors (Lipinski definition) is 5. The largest absolute Gasteiger partial charge is 0.495 e. The van der Waals surface area contributed by atoms with E-state index in [1.807, 2.05) is 32.9 Å². The average Bonchev–Trinajstić information content (AvgIpc) is 2.66. The van der Waals surface area contributed by atoms with Crippen molar-refractivity contribution in [1.82, 2.24) is 5.32 Å². The number of rotatable bonds is 7. The van der Waals surface area contributed by atoms with Crippen LogP contribution < -0.4 is 15.4 Å². The summed E-state index contributed by atoms with van der Waals surface area (Å²) in [6, 6.07) is 10.6. The van der Waals surface area contributed by atoms with Crippen molar-refractivity contribution in [3.8, 4) is 5.75 Å². The van der Waals surface area contributed by atoms with Gasteiger partial charge in [-0.05, 0) is 61.7 Å². The Labute approximate surface area is 164 Å². The summed E-state index contributed by atoms with van der Waals surface area (Å²) in [6.45, 7) is 4.95. The maximum absolute atomic E-state index is 12.1. The summed E-state index contributed by atoms with van der Waals surface area (Å²) in [4.78, 5) is 35.9. The topological polar surface area (TPSA) is 93.7 Å². The number of ether oxygens (including phenoxy) is 2. The molecule has 0 atom stereocenters. The van der Waals surface area contributed by atoms with Gasteiger partial charge in [0.15, 0.2) is 6.61 Å². The van der Waals surface area contributed by atoms with Gasteiger partial charge in [-0.3, -0.25) is 14.4 Å². The summed E-state index contributed by atoms with van der Waals surface area (Å²) in [5, 5.41) is 5.11. The van der Waals surface area contributed by atoms with E-state index >= 15 is 0 Å². The molecule has 0 saturated carbocycles. The first kappa shape index (κ1) is 21.0. The van der Waals surface area contributed by atoms with Crippen molar-refractivity contribution in [2.24, 2.45) is 0 Å². The van der Waals surface area contributed by atoms with E-state index in [1.54, 1.807) is 24.3 Å². The number of benzene rings is 2. The predicted octanol–water partition coefficient (Wildman–Crippen LogP) is 2.53. The van der Waals surface area contributed by atoms with Crippen LogP contribution in [-0.4, -0.2) is 38.0 Å². The molecule has 2 N–H and O–H groups in total. The molecule has 2 aromatic carbocycles. The Morgan fingerprint density at radius 1 is 0.964 bits per heavy atom. The lowest BCUT2D eigenvalue weighted by atomic mass is 10.1. The molecule has 0 bridgehead atoms. The number of anilines is 1. The molecule has 28 heavy (non-hydrogen) atoms. The lowest BCUT2D eigenvalue weighted by Crippen LogP contribution is -2.32. The van der Waals surface area contributed by atoms with Gasteiger partial charge in [0.2, 0.25) is 0 Å². The number of hydrogen-bond donors (Lipinski definition) is 2. The second-order valence-electron chi connectivity index (χ2n) is 6.39. The fourth-order valence-corrected chi connectivity index (χ4v) is 2.44. The van der Waals surface area contributed by atoms with Crippen LogP contribution in [0, 0.1) is 20.8 Å². The Balaban J connectivity index is 1.80. The highest BCUT2D eigenvalue weighted by atomic mass is 16.5. The summed E-state index contributed by atoms with van der Waals surface area (Å²) in [5.74, 6) is -1.08. The van der Waals surface area contributed by atoms with Gasteiger partial charge < -0.3 is 20.1 Å². The molecule has 2 aromatic rings. The van der Waals surface area contributed by atoms with Crippen molar-refractivity contribution >= 4 is 23.5 Å². The van der Waals surface area contributed by atoms with E-state index in [9.17, 15) is 14.4 Å². The van der Waals surface area contributed by atoms with Crippen LogP contribution in [0.2, 0.25) is 0 Å². The van der Waals surface area contributed by atoms with Crippen molar-refractivity contribution < 1.29 is 23.9 Å². The van der Waals surface area contributed by atoms with Crippen molar-refractivity contribution in [3.05, 3.63) is 58.7 Å². The van der Waals surface area contributed by atoms with E-state index in [-0.39, 0.29) is 12.5 Å². The van der Waals surface area contributed by atoms with Gasteiger partial charge in [0.1, 0.15) is 12.3 Å². The lowest BCUT2D eigenvalue weighted by molar-refractivity contribution is -0.146. The third kappa shape index (κ3) is 5.84. The second-order valence-corrected chi connectivity index (χ2v) is 6.39. The van der Waals surface area contributed by atoms with E-state index in [4.69, 9.17) is 9.47 Å². The number of esters is 1.